The van der Waals surface area contributed by atoms with Gasteiger partial charge in [0, 0.05) is 17.6 Å². The van der Waals surface area contributed by atoms with Crippen LogP contribution in [-0.4, -0.2) is 23.4 Å². The van der Waals surface area contributed by atoms with E-state index >= 15 is 0 Å². The lowest BCUT2D eigenvalue weighted by atomic mass is 9.97. The van der Waals surface area contributed by atoms with Gasteiger partial charge in [-0.15, -0.1) is 0 Å². The molecule has 1 aliphatic heterocycles. The van der Waals surface area contributed by atoms with Gasteiger partial charge in [-0.25, -0.2) is 0 Å². The average Bonchev–Trinajstić information content (AvgIpc) is 2.47. The van der Waals surface area contributed by atoms with E-state index in [1.807, 2.05) is 4.90 Å². The number of nitrogens with one attached hydrogen (secondary N) is 1. The molecule has 1 amide bonds. The molecule has 1 unspecified atom stereocenters. The van der Waals surface area contributed by atoms with Crippen LogP contribution < -0.4 is 11.3 Å². The molecule has 1 heterocycles. The number of benzene rings is 1. The van der Waals surface area contributed by atoms with Gasteiger partial charge >= 0.3 is 0 Å². The number of carbonyl (C=O) groups excluding carboxylic acids is 1. The Morgan fingerprint density at radius 2 is 2.30 bits per heavy atom. The second-order valence-electron chi connectivity index (χ2n) is 5.27. The van der Waals surface area contributed by atoms with E-state index in [0.717, 1.165) is 32.2 Å². The second-order valence-corrected chi connectivity index (χ2v) is 5.71. The molecule has 0 bridgehead atoms. The summed E-state index contributed by atoms with van der Waals surface area (Å²) in [7, 11) is 0. The number of hydrogen-bond donors (Lipinski definition) is 2. The molecule has 2 rings (SSSR count). The highest BCUT2D eigenvalue weighted by atomic mass is 35.5. The third kappa shape index (κ3) is 3.25. The minimum Gasteiger partial charge on any atom is -0.336 e. The molecular formula is C15H22ClN3O. The van der Waals surface area contributed by atoms with Gasteiger partial charge in [-0.05, 0) is 43.9 Å². The minimum atomic E-state index is 0.0265. The van der Waals surface area contributed by atoms with Crippen LogP contribution in [0.1, 0.15) is 49.4 Å². The number of likely N-dealkylation sites (tertiary alicyclic amines) is 1. The van der Waals surface area contributed by atoms with Crippen LogP contribution in [0.15, 0.2) is 18.2 Å². The van der Waals surface area contributed by atoms with E-state index in [4.69, 9.17) is 17.4 Å². The molecule has 1 aromatic rings. The first-order chi connectivity index (χ1) is 9.67. The summed E-state index contributed by atoms with van der Waals surface area (Å²) in [6.45, 7) is 2.98. The Morgan fingerprint density at radius 1 is 1.50 bits per heavy atom. The van der Waals surface area contributed by atoms with E-state index in [-0.39, 0.29) is 5.91 Å². The quantitative estimate of drug-likeness (QED) is 0.661. The molecule has 20 heavy (non-hydrogen) atoms. The van der Waals surface area contributed by atoms with Crippen molar-refractivity contribution in [3.63, 3.8) is 0 Å². The van der Waals surface area contributed by atoms with Crippen LogP contribution in [-0.2, 0) is 0 Å². The fourth-order valence-corrected chi connectivity index (χ4v) is 3.05. The number of anilines is 1. The number of nitrogen functional groups attached to an aromatic ring is 1. The molecular weight excluding hydrogens is 274 g/mol. The van der Waals surface area contributed by atoms with E-state index in [0.29, 0.717) is 22.3 Å². The van der Waals surface area contributed by atoms with Crippen LogP contribution in [0.25, 0.3) is 0 Å². The van der Waals surface area contributed by atoms with E-state index < -0.39 is 0 Å². The fourth-order valence-electron chi connectivity index (χ4n) is 2.88. The maximum atomic E-state index is 12.8. The Morgan fingerprint density at radius 3 is 3.00 bits per heavy atom. The highest BCUT2D eigenvalue weighted by Gasteiger charge is 2.28. The van der Waals surface area contributed by atoms with E-state index in [9.17, 15) is 4.79 Å². The molecule has 1 aromatic carbocycles. The molecule has 0 saturated carbocycles. The molecule has 5 heteroatoms. The van der Waals surface area contributed by atoms with Gasteiger partial charge in [-0.3, -0.25) is 10.6 Å². The minimum absolute atomic E-state index is 0.0265. The first-order valence-electron chi connectivity index (χ1n) is 7.24. The molecule has 0 spiro atoms. The van der Waals surface area contributed by atoms with Crippen molar-refractivity contribution in [1.82, 2.24) is 4.90 Å². The molecule has 0 aromatic heterocycles. The largest absolute Gasteiger partial charge is 0.336 e. The molecule has 1 aliphatic rings. The summed E-state index contributed by atoms with van der Waals surface area (Å²) in [5, 5.41) is 0.552. The number of carbonyl (C=O) groups is 1. The summed E-state index contributed by atoms with van der Waals surface area (Å²) in [6, 6.07) is 5.50. The van der Waals surface area contributed by atoms with Gasteiger partial charge in [-0.2, -0.15) is 0 Å². The number of amides is 1. The average molecular weight is 296 g/mol. The maximum Gasteiger partial charge on any atom is 0.256 e. The van der Waals surface area contributed by atoms with Crippen molar-refractivity contribution in [3.8, 4) is 0 Å². The Hall–Kier alpha value is -1.26. The molecule has 4 nitrogen and oxygen atoms in total. The van der Waals surface area contributed by atoms with Crippen LogP contribution in [0.5, 0.6) is 0 Å². The molecule has 0 radical (unpaired) electrons. The SMILES string of the molecule is CCCC1CCCCN1C(=O)c1cc(Cl)ccc1NN. The van der Waals surface area contributed by atoms with E-state index in [2.05, 4.69) is 12.3 Å². The normalized spacial score (nSPS) is 18.9. The number of hydrazine groups is 1. The van der Waals surface area contributed by atoms with Gasteiger partial charge in [-0.1, -0.05) is 24.9 Å². The van der Waals surface area contributed by atoms with E-state index in [1.165, 1.54) is 6.42 Å². The Bertz CT molecular complexity index is 476. The Labute approximate surface area is 125 Å². The lowest BCUT2D eigenvalue weighted by Crippen LogP contribution is -2.44. The Balaban J connectivity index is 2.26. The lowest BCUT2D eigenvalue weighted by Gasteiger charge is -2.36. The van der Waals surface area contributed by atoms with Crippen molar-refractivity contribution in [2.24, 2.45) is 5.84 Å². The van der Waals surface area contributed by atoms with Crippen molar-refractivity contribution < 1.29 is 4.79 Å². The van der Waals surface area contributed by atoms with Gasteiger partial charge in [0.1, 0.15) is 0 Å². The summed E-state index contributed by atoms with van der Waals surface area (Å²) in [4.78, 5) is 14.8. The first kappa shape index (κ1) is 15.1. The molecule has 0 aliphatic carbocycles. The van der Waals surface area contributed by atoms with Gasteiger partial charge in [0.15, 0.2) is 0 Å². The summed E-state index contributed by atoms with van der Waals surface area (Å²) in [6.07, 6.45) is 5.50. The van der Waals surface area contributed by atoms with Crippen molar-refractivity contribution in [2.75, 3.05) is 12.0 Å². The molecule has 1 fully saturated rings. The van der Waals surface area contributed by atoms with Gasteiger partial charge < -0.3 is 10.3 Å². The molecule has 1 saturated heterocycles. The second kappa shape index (κ2) is 6.95. The summed E-state index contributed by atoms with van der Waals surface area (Å²) in [5.41, 5.74) is 3.77. The highest BCUT2D eigenvalue weighted by Crippen LogP contribution is 2.27. The predicted octanol–water partition coefficient (Wildman–Crippen LogP) is 3.42. The first-order valence-corrected chi connectivity index (χ1v) is 7.62. The zero-order valence-corrected chi connectivity index (χ0v) is 12.6. The van der Waals surface area contributed by atoms with Crippen molar-refractivity contribution in [2.45, 2.75) is 45.1 Å². The van der Waals surface area contributed by atoms with Crippen LogP contribution in [0, 0.1) is 0 Å². The smallest absolute Gasteiger partial charge is 0.256 e. The maximum absolute atomic E-state index is 12.8. The molecule has 3 N–H and O–H groups in total. The number of nitrogens with two attached hydrogens (primary N) is 1. The lowest BCUT2D eigenvalue weighted by molar-refractivity contribution is 0.0601. The van der Waals surface area contributed by atoms with Crippen LogP contribution in [0.3, 0.4) is 0 Å². The van der Waals surface area contributed by atoms with Crippen LogP contribution in [0.2, 0.25) is 5.02 Å². The third-order valence-corrected chi connectivity index (χ3v) is 4.11. The number of rotatable bonds is 4. The monoisotopic (exact) mass is 295 g/mol. The summed E-state index contributed by atoms with van der Waals surface area (Å²) >= 11 is 6.02. The number of hydrogen-bond acceptors (Lipinski definition) is 3. The molecule has 110 valence electrons. The van der Waals surface area contributed by atoms with Gasteiger partial charge in [0.2, 0.25) is 0 Å². The van der Waals surface area contributed by atoms with Crippen LogP contribution in [0.4, 0.5) is 5.69 Å². The Kier molecular flexibility index (Phi) is 5.26. The summed E-state index contributed by atoms with van der Waals surface area (Å²) < 4.78 is 0. The zero-order valence-electron chi connectivity index (χ0n) is 11.9. The highest BCUT2D eigenvalue weighted by molar-refractivity contribution is 6.31. The number of halogens is 1. The van der Waals surface area contributed by atoms with E-state index in [1.54, 1.807) is 18.2 Å². The third-order valence-electron chi connectivity index (χ3n) is 3.88. The fraction of sp³-hybridized carbons (Fsp3) is 0.533. The van der Waals surface area contributed by atoms with Gasteiger partial charge in [0.05, 0.1) is 11.3 Å². The van der Waals surface area contributed by atoms with Crippen molar-refractivity contribution in [3.05, 3.63) is 28.8 Å². The zero-order chi connectivity index (χ0) is 14.5. The van der Waals surface area contributed by atoms with Gasteiger partial charge in [0.25, 0.3) is 5.91 Å². The number of piperidine rings is 1. The van der Waals surface area contributed by atoms with Crippen molar-refractivity contribution >= 4 is 23.2 Å². The standard InChI is InChI=1S/C15H22ClN3O/c1-2-5-12-6-3-4-9-19(12)15(20)13-10-11(16)7-8-14(13)18-17/h7-8,10,12,18H,2-6,9,17H2,1H3. The predicted molar refractivity (Wildman–Crippen MR) is 82.8 cm³/mol. The number of nitrogens with zero attached hydrogens (tertiary/aromatic N) is 1. The van der Waals surface area contributed by atoms with Crippen molar-refractivity contribution in [1.29, 1.82) is 0 Å². The molecule has 1 atom stereocenters. The summed E-state index contributed by atoms with van der Waals surface area (Å²) in [5.74, 6) is 5.52. The van der Waals surface area contributed by atoms with Crippen LogP contribution >= 0.6 is 11.6 Å². The topological polar surface area (TPSA) is 58.4 Å².